The van der Waals surface area contributed by atoms with Crippen molar-refractivity contribution in [2.75, 3.05) is 4.72 Å². The van der Waals surface area contributed by atoms with Gasteiger partial charge in [-0.15, -0.1) is 0 Å². The highest BCUT2D eigenvalue weighted by atomic mass is 79.9. The minimum absolute atomic E-state index is 0.0869. The molecule has 2 aromatic rings. The molecule has 0 fully saturated rings. The number of rotatable bonds is 3. The maximum atomic E-state index is 13.9. The smallest absolute Gasteiger partial charge is 0.363 e. The number of fused-ring (bicyclic) bond motifs is 1. The molecule has 0 saturated carbocycles. The Morgan fingerprint density at radius 2 is 1.88 bits per heavy atom. The van der Waals surface area contributed by atoms with E-state index >= 15 is 0 Å². The third-order valence-electron chi connectivity index (χ3n) is 4.24. The molecule has 0 bridgehead atoms. The standard InChI is InChI=1S/C15H12BrF5N2O2S/c16-9-4-11(18)13(5-10(9)17)23-26(24,25)14-6-22-12-3-7(15(19,20)21)1-2-8(12)14/h4-7,22-23H,1-3H2. The van der Waals surface area contributed by atoms with E-state index in [2.05, 4.69) is 20.9 Å². The van der Waals surface area contributed by atoms with Crippen molar-refractivity contribution in [2.45, 2.75) is 30.3 Å². The van der Waals surface area contributed by atoms with Crippen LogP contribution >= 0.6 is 15.9 Å². The van der Waals surface area contributed by atoms with Crippen LogP contribution in [0.4, 0.5) is 27.6 Å². The van der Waals surface area contributed by atoms with Gasteiger partial charge in [-0.1, -0.05) is 0 Å². The summed E-state index contributed by atoms with van der Waals surface area (Å²) in [5.74, 6) is -3.41. The summed E-state index contributed by atoms with van der Waals surface area (Å²) in [5, 5.41) is 0. The first-order chi connectivity index (χ1) is 12.0. The van der Waals surface area contributed by atoms with Crippen molar-refractivity contribution in [2.24, 2.45) is 5.92 Å². The van der Waals surface area contributed by atoms with Crippen LogP contribution in [0.2, 0.25) is 0 Å². The second-order valence-electron chi connectivity index (χ2n) is 5.94. The predicted octanol–water partition coefficient (Wildman–Crippen LogP) is 4.52. The summed E-state index contributed by atoms with van der Waals surface area (Å²) in [6, 6.07) is 1.45. The van der Waals surface area contributed by atoms with Gasteiger partial charge in [-0.2, -0.15) is 13.2 Å². The summed E-state index contributed by atoms with van der Waals surface area (Å²) in [4.78, 5) is 2.29. The Kier molecular flexibility index (Phi) is 4.80. The SMILES string of the molecule is O=S(=O)(Nc1cc(F)c(Br)cc1F)c1c[nH]c2c1CCC(C(F)(F)F)C2. The van der Waals surface area contributed by atoms with Gasteiger partial charge in [-0.25, -0.2) is 17.2 Å². The Morgan fingerprint density at radius 3 is 2.54 bits per heavy atom. The minimum atomic E-state index is -4.36. The molecule has 3 rings (SSSR count). The molecule has 2 N–H and O–H groups in total. The van der Waals surface area contributed by atoms with Crippen molar-refractivity contribution in [1.29, 1.82) is 0 Å². The Hall–Kier alpha value is -1.62. The van der Waals surface area contributed by atoms with Gasteiger partial charge in [0.25, 0.3) is 10.0 Å². The van der Waals surface area contributed by atoms with E-state index in [0.717, 1.165) is 12.3 Å². The normalized spacial score (nSPS) is 17.8. The second-order valence-corrected chi connectivity index (χ2v) is 8.45. The molecule has 0 spiro atoms. The first-order valence-corrected chi connectivity index (χ1v) is 9.70. The molecule has 26 heavy (non-hydrogen) atoms. The fourth-order valence-corrected chi connectivity index (χ4v) is 4.55. The Labute approximate surface area is 154 Å². The number of nitrogens with one attached hydrogen (secondary N) is 2. The number of H-pyrrole nitrogens is 1. The van der Waals surface area contributed by atoms with Crippen molar-refractivity contribution >= 4 is 31.6 Å². The molecule has 0 amide bonds. The zero-order valence-electron chi connectivity index (χ0n) is 12.9. The van der Waals surface area contributed by atoms with Crippen LogP contribution in [-0.4, -0.2) is 19.6 Å². The van der Waals surface area contributed by atoms with Crippen LogP contribution in [0.15, 0.2) is 27.7 Å². The van der Waals surface area contributed by atoms with E-state index in [1.807, 2.05) is 4.72 Å². The van der Waals surface area contributed by atoms with Crippen LogP contribution < -0.4 is 4.72 Å². The van der Waals surface area contributed by atoms with Crippen LogP contribution in [0.25, 0.3) is 0 Å². The van der Waals surface area contributed by atoms with Crippen molar-refractivity contribution in [3.63, 3.8) is 0 Å². The van der Waals surface area contributed by atoms with Gasteiger partial charge in [0, 0.05) is 18.0 Å². The Bertz CT molecular complexity index is 956. The summed E-state index contributed by atoms with van der Waals surface area (Å²) >= 11 is 2.78. The molecule has 1 unspecified atom stereocenters. The van der Waals surface area contributed by atoms with Gasteiger partial charge in [0.05, 0.1) is 16.1 Å². The van der Waals surface area contributed by atoms with Crippen molar-refractivity contribution in [3.8, 4) is 0 Å². The van der Waals surface area contributed by atoms with Crippen LogP contribution in [-0.2, 0) is 22.9 Å². The van der Waals surface area contributed by atoms with Gasteiger partial charge in [0.2, 0.25) is 0 Å². The molecule has 1 atom stereocenters. The molecule has 1 heterocycles. The number of sulfonamides is 1. The molecule has 0 saturated heterocycles. The number of hydrogen-bond acceptors (Lipinski definition) is 2. The van der Waals surface area contributed by atoms with Crippen LogP contribution in [0.1, 0.15) is 17.7 Å². The maximum Gasteiger partial charge on any atom is 0.392 e. The molecular formula is C15H12BrF5N2O2S. The van der Waals surface area contributed by atoms with Gasteiger partial charge in [0.15, 0.2) is 0 Å². The van der Waals surface area contributed by atoms with Crippen LogP contribution in [0, 0.1) is 17.6 Å². The molecule has 0 aliphatic heterocycles. The molecule has 4 nitrogen and oxygen atoms in total. The fourth-order valence-electron chi connectivity index (χ4n) is 2.92. The number of alkyl halides is 3. The average molecular weight is 459 g/mol. The monoisotopic (exact) mass is 458 g/mol. The lowest BCUT2D eigenvalue weighted by Gasteiger charge is -2.25. The molecule has 11 heteroatoms. The minimum Gasteiger partial charge on any atom is -0.363 e. The Morgan fingerprint density at radius 1 is 1.19 bits per heavy atom. The Balaban J connectivity index is 1.91. The second kappa shape index (κ2) is 6.52. The molecule has 1 aromatic carbocycles. The summed E-state index contributed by atoms with van der Waals surface area (Å²) < 4.78 is 92.8. The highest BCUT2D eigenvalue weighted by molar-refractivity contribution is 9.10. The first-order valence-electron chi connectivity index (χ1n) is 7.42. The van der Waals surface area contributed by atoms with E-state index in [1.165, 1.54) is 0 Å². The lowest BCUT2D eigenvalue weighted by atomic mass is 9.87. The van der Waals surface area contributed by atoms with E-state index in [-0.39, 0.29) is 39.9 Å². The van der Waals surface area contributed by atoms with Crippen molar-refractivity contribution in [3.05, 3.63) is 45.7 Å². The number of aromatic amines is 1. The number of anilines is 1. The van der Waals surface area contributed by atoms with Crippen molar-refractivity contribution in [1.82, 2.24) is 4.98 Å². The molecule has 1 aliphatic rings. The van der Waals surface area contributed by atoms with Gasteiger partial charge < -0.3 is 4.98 Å². The fraction of sp³-hybridized carbons (Fsp3) is 0.333. The number of aromatic nitrogens is 1. The molecule has 142 valence electrons. The molecular weight excluding hydrogens is 447 g/mol. The number of benzene rings is 1. The van der Waals surface area contributed by atoms with E-state index in [4.69, 9.17) is 0 Å². The quantitative estimate of drug-likeness (QED) is 0.524. The molecule has 0 radical (unpaired) electrons. The van der Waals surface area contributed by atoms with E-state index < -0.39 is 39.4 Å². The van der Waals surface area contributed by atoms with E-state index in [9.17, 15) is 30.4 Å². The van der Waals surface area contributed by atoms with Gasteiger partial charge >= 0.3 is 6.18 Å². The zero-order valence-corrected chi connectivity index (χ0v) is 15.3. The highest BCUT2D eigenvalue weighted by Gasteiger charge is 2.42. The summed E-state index contributed by atoms with van der Waals surface area (Å²) in [6.07, 6.45) is -3.97. The zero-order chi connectivity index (χ0) is 19.3. The topological polar surface area (TPSA) is 62.0 Å². The van der Waals surface area contributed by atoms with Gasteiger partial charge in [-0.3, -0.25) is 4.72 Å². The van der Waals surface area contributed by atoms with Crippen LogP contribution in [0.5, 0.6) is 0 Å². The third-order valence-corrected chi connectivity index (χ3v) is 6.28. The van der Waals surface area contributed by atoms with E-state index in [1.54, 1.807) is 0 Å². The number of halogens is 6. The average Bonchev–Trinajstić information content (AvgIpc) is 2.95. The maximum absolute atomic E-state index is 13.9. The summed E-state index contributed by atoms with van der Waals surface area (Å²) in [6.45, 7) is 0. The van der Waals surface area contributed by atoms with Gasteiger partial charge in [-0.05, 0) is 46.8 Å². The largest absolute Gasteiger partial charge is 0.392 e. The third kappa shape index (κ3) is 3.59. The lowest BCUT2D eigenvalue weighted by molar-refractivity contribution is -0.177. The predicted molar refractivity (Wildman–Crippen MR) is 87.2 cm³/mol. The van der Waals surface area contributed by atoms with Crippen LogP contribution in [0.3, 0.4) is 0 Å². The highest BCUT2D eigenvalue weighted by Crippen LogP contribution is 2.39. The lowest BCUT2D eigenvalue weighted by Crippen LogP contribution is -2.29. The van der Waals surface area contributed by atoms with Crippen molar-refractivity contribution < 1.29 is 30.4 Å². The summed E-state index contributed by atoms with van der Waals surface area (Å²) in [7, 11) is -4.30. The number of hydrogen-bond donors (Lipinski definition) is 2. The van der Waals surface area contributed by atoms with E-state index in [0.29, 0.717) is 6.07 Å². The summed E-state index contributed by atoms with van der Waals surface area (Å²) in [5.41, 5.74) is -0.179. The molecule has 1 aromatic heterocycles. The first kappa shape index (κ1) is 19.2. The molecule has 1 aliphatic carbocycles. The van der Waals surface area contributed by atoms with Gasteiger partial charge in [0.1, 0.15) is 16.5 Å².